The predicted octanol–water partition coefficient (Wildman–Crippen LogP) is 7.01. The Morgan fingerprint density at radius 2 is 1.62 bits per heavy atom. The van der Waals surface area contributed by atoms with Crippen LogP contribution in [0.25, 0.3) is 0 Å². The number of hydrogen-bond acceptors (Lipinski definition) is 7. The molecule has 4 heterocycles. The molecule has 4 aliphatic heterocycles. The second-order valence-corrected chi connectivity index (χ2v) is 13.7. The topological polar surface area (TPSA) is 91.4 Å². The Balaban J connectivity index is 1.37. The average molecular weight is 628 g/mol. The molecule has 0 spiro atoms. The van der Waals surface area contributed by atoms with E-state index in [1.54, 1.807) is 6.08 Å². The van der Waals surface area contributed by atoms with Crippen LogP contribution in [0, 0.1) is 11.8 Å². The van der Waals surface area contributed by atoms with Gasteiger partial charge in [-0.25, -0.2) is 4.79 Å². The summed E-state index contributed by atoms with van der Waals surface area (Å²) in [4.78, 5) is 39.8. The largest absolute Gasteiger partial charge is 0.466 e. The van der Waals surface area contributed by atoms with Gasteiger partial charge in [0, 0.05) is 37.9 Å². The van der Waals surface area contributed by atoms with E-state index in [0.29, 0.717) is 31.1 Å². The van der Waals surface area contributed by atoms with E-state index in [1.165, 1.54) is 13.5 Å². The summed E-state index contributed by atoms with van der Waals surface area (Å²) in [6.07, 6.45) is 23.7. The van der Waals surface area contributed by atoms with E-state index in [-0.39, 0.29) is 54.8 Å². The molecule has 4 aliphatic rings. The first-order valence-corrected chi connectivity index (χ1v) is 17.7. The Hall–Kier alpha value is -2.45. The number of fused-ring (bicyclic) bond motifs is 4. The lowest BCUT2D eigenvalue weighted by Gasteiger charge is -2.37. The minimum Gasteiger partial charge on any atom is -0.466 e. The van der Waals surface area contributed by atoms with Crippen molar-refractivity contribution >= 4 is 17.8 Å². The number of amides is 1. The number of unbranched alkanes of at least 4 members (excludes halogenated alkanes) is 3. The zero-order chi connectivity index (χ0) is 32.0. The fraction of sp³-hybridized carbons (Fsp3) is 0.757. The Morgan fingerprint density at radius 1 is 0.889 bits per heavy atom. The Morgan fingerprint density at radius 3 is 2.40 bits per heavy atom. The van der Waals surface area contributed by atoms with Crippen molar-refractivity contribution in [2.75, 3.05) is 20.2 Å². The lowest BCUT2D eigenvalue weighted by molar-refractivity contribution is -0.154. The molecule has 0 N–H and O–H groups in total. The standard InChI is InChI=1S/C37H57NO7/c1-27-17-18-28(2)34(15-8-5-4-6-9-16-35(39)38-19-10-7-11-20-38)45-37(41)26-33-23-29(24-36(40)42-3)22-32(44-33)25-31-14-12-13-30(21-27)43-31/h8,15,17-18,24,27-28,30-34H,4-7,9-14,16,19-23,25-26H2,1-3H3/b15-8+,18-17+,29-24-. The number of esters is 2. The number of cyclic esters (lactones) is 1. The smallest absolute Gasteiger partial charge is 0.330 e. The maximum absolute atomic E-state index is 13.3. The predicted molar refractivity (Wildman–Crippen MR) is 174 cm³/mol. The summed E-state index contributed by atoms with van der Waals surface area (Å²) in [7, 11) is 1.38. The SMILES string of the molecule is COC(=O)/C=C1\CC2CC(=O)OC(/C=C/CCCCCC(=O)N3CCCCC3)C(C)/C=C/C(C)CC3CCCC(CC(C1)O2)O3. The molecule has 3 fully saturated rings. The van der Waals surface area contributed by atoms with Crippen molar-refractivity contribution in [3.63, 3.8) is 0 Å². The molecular weight excluding hydrogens is 570 g/mol. The van der Waals surface area contributed by atoms with Gasteiger partial charge in [0.2, 0.25) is 5.91 Å². The molecule has 45 heavy (non-hydrogen) atoms. The van der Waals surface area contributed by atoms with Gasteiger partial charge in [-0.3, -0.25) is 9.59 Å². The molecule has 1 amide bonds. The van der Waals surface area contributed by atoms with E-state index < -0.39 is 0 Å². The Bertz CT molecular complexity index is 1050. The minimum atomic E-state index is -0.380. The summed E-state index contributed by atoms with van der Waals surface area (Å²) in [5, 5.41) is 0. The molecule has 252 valence electrons. The summed E-state index contributed by atoms with van der Waals surface area (Å²) in [6, 6.07) is 0. The lowest BCUT2D eigenvalue weighted by atomic mass is 9.89. The molecule has 0 radical (unpaired) electrons. The third kappa shape index (κ3) is 12.3. The molecule has 0 aromatic rings. The number of likely N-dealkylation sites (tertiary alicyclic amines) is 1. The molecule has 0 aliphatic carbocycles. The monoisotopic (exact) mass is 627 g/mol. The highest BCUT2D eigenvalue weighted by molar-refractivity contribution is 5.82. The zero-order valence-corrected chi connectivity index (χ0v) is 28.0. The number of methoxy groups -OCH3 is 1. The average Bonchev–Trinajstić information content (AvgIpc) is 3.02. The molecule has 7 unspecified atom stereocenters. The molecular formula is C37H57NO7. The van der Waals surface area contributed by atoms with Gasteiger partial charge in [-0.1, -0.05) is 44.1 Å². The highest BCUT2D eigenvalue weighted by Gasteiger charge is 2.33. The van der Waals surface area contributed by atoms with Crippen LogP contribution >= 0.6 is 0 Å². The van der Waals surface area contributed by atoms with Crippen LogP contribution in [0.2, 0.25) is 0 Å². The normalized spacial score (nSPS) is 33.5. The van der Waals surface area contributed by atoms with Gasteiger partial charge in [-0.15, -0.1) is 0 Å². The number of hydrogen-bond donors (Lipinski definition) is 0. The quantitative estimate of drug-likeness (QED) is 0.124. The fourth-order valence-electron chi connectivity index (χ4n) is 7.18. The summed E-state index contributed by atoms with van der Waals surface area (Å²) < 4.78 is 24.0. The number of allylic oxidation sites excluding steroid dienone is 2. The number of carbonyl (C=O) groups is 3. The molecule has 8 nitrogen and oxygen atoms in total. The second kappa shape index (κ2) is 18.6. The van der Waals surface area contributed by atoms with Crippen LogP contribution in [0.1, 0.15) is 117 Å². The van der Waals surface area contributed by atoms with Crippen LogP contribution in [-0.2, 0) is 33.3 Å². The van der Waals surface area contributed by atoms with Crippen molar-refractivity contribution in [3.8, 4) is 0 Å². The van der Waals surface area contributed by atoms with E-state index in [4.69, 9.17) is 18.9 Å². The van der Waals surface area contributed by atoms with Gasteiger partial charge in [0.25, 0.3) is 0 Å². The molecule has 3 saturated heterocycles. The van der Waals surface area contributed by atoms with Gasteiger partial charge in [-0.05, 0) is 89.0 Å². The van der Waals surface area contributed by atoms with Crippen LogP contribution in [0.15, 0.2) is 36.0 Å². The van der Waals surface area contributed by atoms with Crippen molar-refractivity contribution in [3.05, 3.63) is 36.0 Å². The molecule has 7 atom stereocenters. The minimum absolute atomic E-state index is 0.0116. The van der Waals surface area contributed by atoms with Crippen LogP contribution in [0.5, 0.6) is 0 Å². The van der Waals surface area contributed by atoms with Gasteiger partial charge >= 0.3 is 11.9 Å². The molecule has 0 aromatic heterocycles. The van der Waals surface area contributed by atoms with E-state index in [0.717, 1.165) is 89.3 Å². The second-order valence-electron chi connectivity index (χ2n) is 13.7. The molecule has 0 aromatic carbocycles. The molecule has 4 bridgehead atoms. The van der Waals surface area contributed by atoms with E-state index in [1.807, 2.05) is 11.0 Å². The summed E-state index contributed by atoms with van der Waals surface area (Å²) in [5.41, 5.74) is 0.948. The Labute approximate surface area is 270 Å². The van der Waals surface area contributed by atoms with Gasteiger partial charge in [0.05, 0.1) is 37.9 Å². The Kier molecular flexibility index (Phi) is 14.7. The first kappa shape index (κ1) is 35.4. The highest BCUT2D eigenvalue weighted by Crippen LogP contribution is 2.33. The lowest BCUT2D eigenvalue weighted by Crippen LogP contribution is -2.37. The van der Waals surface area contributed by atoms with E-state index in [9.17, 15) is 14.4 Å². The third-order valence-corrected chi connectivity index (χ3v) is 9.70. The maximum Gasteiger partial charge on any atom is 0.330 e. The van der Waals surface area contributed by atoms with Crippen LogP contribution in [0.3, 0.4) is 0 Å². The van der Waals surface area contributed by atoms with Crippen molar-refractivity contribution in [1.82, 2.24) is 4.90 Å². The van der Waals surface area contributed by atoms with Crippen molar-refractivity contribution in [2.45, 2.75) is 147 Å². The number of piperidine rings is 1. The van der Waals surface area contributed by atoms with Gasteiger partial charge < -0.3 is 23.8 Å². The van der Waals surface area contributed by atoms with Crippen molar-refractivity contribution in [2.24, 2.45) is 11.8 Å². The van der Waals surface area contributed by atoms with Crippen LogP contribution < -0.4 is 0 Å². The first-order chi connectivity index (χ1) is 21.8. The first-order valence-electron chi connectivity index (χ1n) is 17.7. The summed E-state index contributed by atoms with van der Waals surface area (Å²) in [6.45, 7) is 6.16. The number of carbonyl (C=O) groups excluding carboxylic acids is 3. The number of nitrogens with zero attached hydrogens (tertiary/aromatic N) is 1. The van der Waals surface area contributed by atoms with E-state index in [2.05, 4.69) is 32.1 Å². The molecule has 0 saturated carbocycles. The van der Waals surface area contributed by atoms with Crippen LogP contribution in [-0.4, -0.2) is 73.5 Å². The van der Waals surface area contributed by atoms with Crippen LogP contribution in [0.4, 0.5) is 0 Å². The number of ether oxygens (including phenoxy) is 4. The third-order valence-electron chi connectivity index (χ3n) is 9.70. The highest BCUT2D eigenvalue weighted by atomic mass is 16.6. The maximum atomic E-state index is 13.3. The number of rotatable bonds is 8. The fourth-order valence-corrected chi connectivity index (χ4v) is 7.18. The summed E-state index contributed by atoms with van der Waals surface area (Å²) >= 11 is 0. The van der Waals surface area contributed by atoms with Gasteiger partial charge in [0.1, 0.15) is 6.10 Å². The zero-order valence-electron chi connectivity index (χ0n) is 28.0. The molecule has 4 rings (SSSR count). The van der Waals surface area contributed by atoms with Gasteiger partial charge in [0.15, 0.2) is 0 Å². The van der Waals surface area contributed by atoms with E-state index >= 15 is 0 Å². The van der Waals surface area contributed by atoms with Gasteiger partial charge in [-0.2, -0.15) is 0 Å². The summed E-state index contributed by atoms with van der Waals surface area (Å²) in [5.74, 6) is -0.0107. The van der Waals surface area contributed by atoms with Crippen molar-refractivity contribution < 1.29 is 33.3 Å². The van der Waals surface area contributed by atoms with Crippen molar-refractivity contribution in [1.29, 1.82) is 0 Å². The molecule has 8 heteroatoms.